The maximum atomic E-state index is 12.8. The number of alkyl halides is 3. The standard InChI is InChI=1S/C12H8Cl2F3NO3/c13-6-2-1-3-7(14)8(6)18-11(19)9-10(12(15,16)17)21-5-4-20-9/h1-3H,4-5H2,(H,18,19). The highest BCUT2D eigenvalue weighted by Crippen LogP contribution is 2.34. The predicted octanol–water partition coefficient (Wildman–Crippen LogP) is 3.75. The van der Waals surface area contributed by atoms with Gasteiger partial charge in [0.25, 0.3) is 5.91 Å². The van der Waals surface area contributed by atoms with Crippen molar-refractivity contribution in [3.05, 3.63) is 39.8 Å². The Balaban J connectivity index is 2.32. The number of nitrogens with one attached hydrogen (secondary N) is 1. The monoisotopic (exact) mass is 341 g/mol. The Labute approximate surface area is 127 Å². The molecular formula is C12H8Cl2F3NO3. The van der Waals surface area contributed by atoms with Crippen molar-refractivity contribution < 1.29 is 27.4 Å². The lowest BCUT2D eigenvalue weighted by molar-refractivity contribution is -0.151. The van der Waals surface area contributed by atoms with Crippen molar-refractivity contribution in [2.75, 3.05) is 18.5 Å². The Bertz CT molecular complexity index is 582. The average molecular weight is 342 g/mol. The van der Waals surface area contributed by atoms with Crippen molar-refractivity contribution in [2.45, 2.75) is 6.18 Å². The number of carbonyl (C=O) groups is 1. The fourth-order valence-electron chi connectivity index (χ4n) is 1.59. The molecule has 1 aliphatic heterocycles. The van der Waals surface area contributed by atoms with E-state index in [1.54, 1.807) is 0 Å². The van der Waals surface area contributed by atoms with Gasteiger partial charge in [-0.3, -0.25) is 4.79 Å². The van der Waals surface area contributed by atoms with Gasteiger partial charge in [-0.1, -0.05) is 29.3 Å². The molecule has 1 aliphatic rings. The van der Waals surface area contributed by atoms with Crippen LogP contribution >= 0.6 is 23.2 Å². The van der Waals surface area contributed by atoms with Crippen molar-refractivity contribution >= 4 is 34.8 Å². The van der Waals surface area contributed by atoms with Gasteiger partial charge >= 0.3 is 6.18 Å². The fourth-order valence-corrected chi connectivity index (χ4v) is 2.08. The molecule has 2 rings (SSSR count). The van der Waals surface area contributed by atoms with Crippen LogP contribution in [0.1, 0.15) is 0 Å². The maximum absolute atomic E-state index is 12.8. The van der Waals surface area contributed by atoms with Crippen LogP contribution in [-0.2, 0) is 14.3 Å². The van der Waals surface area contributed by atoms with Gasteiger partial charge in [0, 0.05) is 0 Å². The topological polar surface area (TPSA) is 47.6 Å². The first-order chi connectivity index (χ1) is 9.80. The summed E-state index contributed by atoms with van der Waals surface area (Å²) < 4.78 is 47.5. The smallest absolute Gasteiger partial charge is 0.453 e. The van der Waals surface area contributed by atoms with E-state index in [0.717, 1.165) is 0 Å². The third-order valence-electron chi connectivity index (χ3n) is 2.45. The van der Waals surface area contributed by atoms with E-state index in [9.17, 15) is 18.0 Å². The molecule has 0 unspecified atom stereocenters. The first-order valence-electron chi connectivity index (χ1n) is 5.63. The van der Waals surface area contributed by atoms with Gasteiger partial charge < -0.3 is 14.8 Å². The van der Waals surface area contributed by atoms with Gasteiger partial charge in [-0.05, 0) is 12.1 Å². The summed E-state index contributed by atoms with van der Waals surface area (Å²) in [6.45, 7) is -0.461. The lowest BCUT2D eigenvalue weighted by atomic mass is 10.3. The summed E-state index contributed by atoms with van der Waals surface area (Å²) in [6, 6.07) is 4.39. The Morgan fingerprint density at radius 3 is 2.29 bits per heavy atom. The predicted molar refractivity (Wildman–Crippen MR) is 70.1 cm³/mol. The van der Waals surface area contributed by atoms with Crippen molar-refractivity contribution in [3.8, 4) is 0 Å². The van der Waals surface area contributed by atoms with Gasteiger partial charge in [0.05, 0.1) is 15.7 Å². The Morgan fingerprint density at radius 2 is 1.71 bits per heavy atom. The van der Waals surface area contributed by atoms with Gasteiger partial charge in [0.2, 0.25) is 11.5 Å². The van der Waals surface area contributed by atoms with Crippen molar-refractivity contribution in [2.24, 2.45) is 0 Å². The number of hydrogen-bond acceptors (Lipinski definition) is 3. The van der Waals surface area contributed by atoms with E-state index < -0.39 is 23.6 Å². The number of rotatable bonds is 2. The molecule has 0 bridgehead atoms. The molecule has 4 nitrogen and oxygen atoms in total. The molecule has 0 aliphatic carbocycles. The molecule has 1 N–H and O–H groups in total. The van der Waals surface area contributed by atoms with Crippen LogP contribution in [0.3, 0.4) is 0 Å². The summed E-state index contributed by atoms with van der Waals surface area (Å²) in [5, 5.41) is 2.35. The second-order valence-electron chi connectivity index (χ2n) is 3.90. The average Bonchev–Trinajstić information content (AvgIpc) is 2.42. The molecule has 1 aromatic rings. The van der Waals surface area contributed by atoms with Crippen LogP contribution in [0.5, 0.6) is 0 Å². The lowest BCUT2D eigenvalue weighted by Crippen LogP contribution is -2.30. The molecule has 0 atom stereocenters. The highest BCUT2D eigenvalue weighted by Gasteiger charge is 2.43. The minimum absolute atomic E-state index is 0.00553. The summed E-state index contributed by atoms with van der Waals surface area (Å²) in [7, 11) is 0. The van der Waals surface area contributed by atoms with Gasteiger partial charge in [0.1, 0.15) is 13.2 Å². The number of hydrogen-bond donors (Lipinski definition) is 1. The zero-order valence-electron chi connectivity index (χ0n) is 10.3. The minimum Gasteiger partial charge on any atom is -0.483 e. The summed E-state index contributed by atoms with van der Waals surface area (Å²) in [6.07, 6.45) is -4.84. The van der Waals surface area contributed by atoms with Gasteiger partial charge in [-0.15, -0.1) is 0 Å². The van der Waals surface area contributed by atoms with E-state index in [0.29, 0.717) is 0 Å². The van der Waals surface area contributed by atoms with Crippen LogP contribution in [0.25, 0.3) is 0 Å². The first-order valence-corrected chi connectivity index (χ1v) is 6.38. The highest BCUT2D eigenvalue weighted by molar-refractivity contribution is 6.39. The van der Waals surface area contributed by atoms with E-state index in [1.807, 2.05) is 0 Å². The van der Waals surface area contributed by atoms with Crippen LogP contribution in [0.2, 0.25) is 10.0 Å². The van der Waals surface area contributed by atoms with Gasteiger partial charge in [0.15, 0.2) is 0 Å². The third-order valence-corrected chi connectivity index (χ3v) is 3.08. The molecule has 21 heavy (non-hydrogen) atoms. The SMILES string of the molecule is O=C(Nc1c(Cl)cccc1Cl)C1=C(C(F)(F)F)OCCO1. The Morgan fingerprint density at radius 1 is 1.14 bits per heavy atom. The lowest BCUT2D eigenvalue weighted by Gasteiger charge is -2.23. The molecule has 114 valence electrons. The molecule has 1 amide bonds. The molecule has 0 spiro atoms. The number of para-hydroxylation sites is 1. The van der Waals surface area contributed by atoms with Crippen molar-refractivity contribution in [3.63, 3.8) is 0 Å². The molecule has 0 radical (unpaired) electrons. The van der Waals surface area contributed by atoms with Gasteiger partial charge in [-0.2, -0.15) is 13.2 Å². The van der Waals surface area contributed by atoms with E-state index in [1.165, 1.54) is 18.2 Å². The van der Waals surface area contributed by atoms with Crippen LogP contribution in [0.15, 0.2) is 29.7 Å². The van der Waals surface area contributed by atoms with E-state index in [2.05, 4.69) is 10.1 Å². The van der Waals surface area contributed by atoms with Crippen LogP contribution in [0.4, 0.5) is 18.9 Å². The minimum atomic E-state index is -4.84. The van der Waals surface area contributed by atoms with Crippen LogP contribution in [-0.4, -0.2) is 25.3 Å². The molecule has 0 saturated heterocycles. The summed E-state index contributed by atoms with van der Waals surface area (Å²) in [5.74, 6) is -3.57. The highest BCUT2D eigenvalue weighted by atomic mass is 35.5. The van der Waals surface area contributed by atoms with E-state index in [4.69, 9.17) is 27.9 Å². The van der Waals surface area contributed by atoms with Crippen LogP contribution < -0.4 is 5.32 Å². The number of amides is 1. The fraction of sp³-hybridized carbons (Fsp3) is 0.250. The first kappa shape index (κ1) is 15.8. The largest absolute Gasteiger partial charge is 0.483 e. The second-order valence-corrected chi connectivity index (χ2v) is 4.72. The molecule has 0 saturated carbocycles. The van der Waals surface area contributed by atoms with E-state index in [-0.39, 0.29) is 28.9 Å². The van der Waals surface area contributed by atoms with E-state index >= 15 is 0 Å². The zero-order valence-corrected chi connectivity index (χ0v) is 11.8. The Hall–Kier alpha value is -1.60. The second kappa shape index (κ2) is 6.03. The molecule has 1 aromatic carbocycles. The summed E-state index contributed by atoms with van der Waals surface area (Å²) in [5.41, 5.74) is -0.00553. The van der Waals surface area contributed by atoms with Gasteiger partial charge in [-0.25, -0.2) is 0 Å². The third kappa shape index (κ3) is 3.54. The molecular weight excluding hydrogens is 334 g/mol. The summed E-state index contributed by atoms with van der Waals surface area (Å²) in [4.78, 5) is 11.9. The van der Waals surface area contributed by atoms with Crippen LogP contribution in [0, 0.1) is 0 Å². The number of benzene rings is 1. The quantitative estimate of drug-likeness (QED) is 0.891. The molecule has 0 fully saturated rings. The number of anilines is 1. The maximum Gasteiger partial charge on any atom is 0.453 e. The normalized spacial score (nSPS) is 15.3. The molecule has 1 heterocycles. The summed E-state index contributed by atoms with van der Waals surface area (Å²) >= 11 is 11.7. The van der Waals surface area contributed by atoms with Crippen molar-refractivity contribution in [1.29, 1.82) is 0 Å². The molecule has 0 aromatic heterocycles. The Kier molecular flexibility index (Phi) is 4.53. The number of halogens is 5. The number of carbonyl (C=O) groups excluding carboxylic acids is 1. The number of ether oxygens (including phenoxy) is 2. The van der Waals surface area contributed by atoms with Crippen molar-refractivity contribution in [1.82, 2.24) is 0 Å². The molecule has 9 heteroatoms. The number of allylic oxidation sites excluding steroid dienone is 1. The zero-order chi connectivity index (χ0) is 15.6.